The number of aryl methyl sites for hydroxylation is 1. The zero-order valence-corrected chi connectivity index (χ0v) is 18.4. The lowest BCUT2D eigenvalue weighted by Crippen LogP contribution is -2.24. The van der Waals surface area contributed by atoms with Crippen molar-refractivity contribution in [2.75, 3.05) is 5.75 Å². The molecule has 0 saturated heterocycles. The molecule has 1 N–H and O–H groups in total. The smallest absolute Gasteiger partial charge is 0.230 e. The van der Waals surface area contributed by atoms with E-state index in [1.807, 2.05) is 72.2 Å². The second-order valence-electron chi connectivity index (χ2n) is 6.86. The molecule has 0 saturated carbocycles. The summed E-state index contributed by atoms with van der Waals surface area (Å²) in [5.41, 5.74) is 3.90. The fraction of sp³-hybridized carbons (Fsp3) is 0.130. The number of benzene rings is 2. The normalized spacial score (nSPS) is 10.8. The Kier molecular flexibility index (Phi) is 6.64. The first-order valence-electron chi connectivity index (χ1n) is 9.67. The number of halogens is 1. The number of para-hydroxylation sites is 1. The summed E-state index contributed by atoms with van der Waals surface area (Å²) in [6.45, 7) is 2.48. The monoisotopic (exact) mass is 449 g/mol. The van der Waals surface area contributed by atoms with Crippen LogP contribution in [0.15, 0.2) is 78.2 Å². The molecule has 2 heterocycles. The second kappa shape index (κ2) is 9.76. The number of aromatic nitrogens is 4. The lowest BCUT2D eigenvalue weighted by Gasteiger charge is -2.12. The van der Waals surface area contributed by atoms with E-state index in [-0.39, 0.29) is 11.7 Å². The molecule has 0 aliphatic rings. The molecule has 0 fully saturated rings. The zero-order chi connectivity index (χ0) is 21.6. The van der Waals surface area contributed by atoms with Crippen molar-refractivity contribution in [2.24, 2.45) is 0 Å². The molecule has 4 rings (SSSR count). The number of nitrogens with one attached hydrogen (secondary N) is 1. The van der Waals surface area contributed by atoms with Crippen LogP contribution in [0.3, 0.4) is 0 Å². The maximum Gasteiger partial charge on any atom is 0.230 e. The Hall–Kier alpha value is -3.16. The van der Waals surface area contributed by atoms with Crippen LogP contribution in [0.1, 0.15) is 11.1 Å². The highest BCUT2D eigenvalue weighted by atomic mass is 35.5. The lowest BCUT2D eigenvalue weighted by molar-refractivity contribution is -0.118. The molecule has 8 heteroatoms. The molecule has 1 amide bonds. The predicted molar refractivity (Wildman–Crippen MR) is 123 cm³/mol. The Morgan fingerprint density at radius 2 is 1.87 bits per heavy atom. The molecule has 0 bridgehead atoms. The van der Waals surface area contributed by atoms with Gasteiger partial charge in [-0.2, -0.15) is 0 Å². The topological polar surface area (TPSA) is 72.7 Å². The van der Waals surface area contributed by atoms with E-state index in [4.69, 9.17) is 11.6 Å². The van der Waals surface area contributed by atoms with E-state index in [1.54, 1.807) is 12.4 Å². The van der Waals surface area contributed by atoms with E-state index in [2.05, 4.69) is 20.5 Å². The Labute approximate surface area is 189 Å². The number of amides is 1. The Morgan fingerprint density at radius 3 is 2.61 bits per heavy atom. The molecule has 0 unspecified atom stereocenters. The number of nitrogens with zero attached hydrogens (tertiary/aromatic N) is 4. The molecule has 0 atom stereocenters. The summed E-state index contributed by atoms with van der Waals surface area (Å²) < 4.78 is 1.98. The average Bonchev–Trinajstić information content (AvgIpc) is 3.22. The largest absolute Gasteiger partial charge is 0.351 e. The van der Waals surface area contributed by atoms with Crippen molar-refractivity contribution < 1.29 is 4.79 Å². The Bertz CT molecular complexity index is 1180. The molecule has 2 aromatic carbocycles. The van der Waals surface area contributed by atoms with Gasteiger partial charge in [-0.1, -0.05) is 53.7 Å². The van der Waals surface area contributed by atoms with E-state index in [0.29, 0.717) is 22.5 Å². The van der Waals surface area contributed by atoms with Crippen LogP contribution in [-0.2, 0) is 11.3 Å². The summed E-state index contributed by atoms with van der Waals surface area (Å²) in [6.07, 6.45) is 3.48. The quantitative estimate of drug-likeness (QED) is 0.414. The van der Waals surface area contributed by atoms with Crippen LogP contribution in [0, 0.1) is 6.92 Å². The van der Waals surface area contributed by atoms with Crippen LogP contribution in [0.4, 0.5) is 0 Å². The molecule has 31 heavy (non-hydrogen) atoms. The molecule has 0 spiro atoms. The van der Waals surface area contributed by atoms with Crippen molar-refractivity contribution in [3.05, 3.63) is 89.2 Å². The number of thioether (sulfide) groups is 1. The predicted octanol–water partition coefficient (Wildman–Crippen LogP) is 4.70. The van der Waals surface area contributed by atoms with Gasteiger partial charge < -0.3 is 5.32 Å². The molecule has 156 valence electrons. The zero-order valence-electron chi connectivity index (χ0n) is 16.8. The highest BCUT2D eigenvalue weighted by molar-refractivity contribution is 7.99. The minimum absolute atomic E-state index is 0.0813. The summed E-state index contributed by atoms with van der Waals surface area (Å²) in [5.74, 6) is 0.832. The van der Waals surface area contributed by atoms with Crippen LogP contribution in [0.25, 0.3) is 17.1 Å². The number of rotatable bonds is 7. The third-order valence-electron chi connectivity index (χ3n) is 4.64. The van der Waals surface area contributed by atoms with Crippen LogP contribution < -0.4 is 5.32 Å². The third kappa shape index (κ3) is 5.13. The molecule has 0 aliphatic heterocycles. The first-order valence-corrected chi connectivity index (χ1v) is 11.0. The first kappa shape index (κ1) is 21.1. The number of hydrogen-bond acceptors (Lipinski definition) is 5. The summed E-state index contributed by atoms with van der Waals surface area (Å²) in [5, 5.41) is 13.0. The van der Waals surface area contributed by atoms with Gasteiger partial charge in [0.05, 0.1) is 11.4 Å². The third-order valence-corrected chi connectivity index (χ3v) is 5.83. The van der Waals surface area contributed by atoms with Crippen molar-refractivity contribution >= 4 is 29.3 Å². The molecule has 4 aromatic rings. The van der Waals surface area contributed by atoms with Crippen LogP contribution in [0.5, 0.6) is 0 Å². The maximum absolute atomic E-state index is 12.4. The van der Waals surface area contributed by atoms with Gasteiger partial charge in [-0.15, -0.1) is 10.2 Å². The molecule has 6 nitrogen and oxygen atoms in total. The summed E-state index contributed by atoms with van der Waals surface area (Å²) in [4.78, 5) is 16.6. The summed E-state index contributed by atoms with van der Waals surface area (Å²) >= 11 is 7.25. The van der Waals surface area contributed by atoms with Crippen molar-refractivity contribution in [1.29, 1.82) is 0 Å². The Balaban J connectivity index is 1.53. The fourth-order valence-electron chi connectivity index (χ4n) is 3.06. The van der Waals surface area contributed by atoms with Gasteiger partial charge in [0.25, 0.3) is 0 Å². The van der Waals surface area contributed by atoms with Crippen molar-refractivity contribution in [1.82, 2.24) is 25.1 Å². The van der Waals surface area contributed by atoms with Crippen LogP contribution in [-0.4, -0.2) is 31.4 Å². The van der Waals surface area contributed by atoms with Crippen molar-refractivity contribution in [3.8, 4) is 17.1 Å². The van der Waals surface area contributed by atoms with Gasteiger partial charge in [0.15, 0.2) is 11.0 Å². The lowest BCUT2D eigenvalue weighted by atomic mass is 10.2. The average molecular weight is 450 g/mol. The van der Waals surface area contributed by atoms with Gasteiger partial charge in [0.2, 0.25) is 5.91 Å². The molecule has 0 aliphatic carbocycles. The van der Waals surface area contributed by atoms with E-state index in [0.717, 1.165) is 22.4 Å². The van der Waals surface area contributed by atoms with Gasteiger partial charge >= 0.3 is 0 Å². The van der Waals surface area contributed by atoms with Gasteiger partial charge in [-0.25, -0.2) is 0 Å². The van der Waals surface area contributed by atoms with Crippen LogP contribution >= 0.6 is 23.4 Å². The standard InChI is InChI=1S/C23H20ClN5OS/c1-16-5-2-3-7-20(16)29-22(18-6-4-12-25-14-18)27-28-23(29)31-15-21(30)26-13-17-8-10-19(24)11-9-17/h2-12,14H,13,15H2,1H3,(H,26,30). The summed E-state index contributed by atoms with van der Waals surface area (Å²) in [7, 11) is 0. The number of carbonyl (C=O) groups is 1. The Morgan fingerprint density at radius 1 is 1.06 bits per heavy atom. The van der Waals surface area contributed by atoms with Crippen molar-refractivity contribution in [3.63, 3.8) is 0 Å². The molecule has 2 aromatic heterocycles. The highest BCUT2D eigenvalue weighted by Crippen LogP contribution is 2.29. The van der Waals surface area contributed by atoms with Gasteiger partial charge in [-0.05, 0) is 48.4 Å². The fourth-order valence-corrected chi connectivity index (χ4v) is 3.96. The minimum atomic E-state index is -0.0813. The van der Waals surface area contributed by atoms with E-state index in [1.165, 1.54) is 11.8 Å². The van der Waals surface area contributed by atoms with E-state index < -0.39 is 0 Å². The van der Waals surface area contributed by atoms with Crippen LogP contribution in [0.2, 0.25) is 5.02 Å². The highest BCUT2D eigenvalue weighted by Gasteiger charge is 2.18. The number of hydrogen-bond donors (Lipinski definition) is 1. The van der Waals surface area contributed by atoms with E-state index >= 15 is 0 Å². The van der Waals surface area contributed by atoms with Gasteiger partial charge in [0.1, 0.15) is 0 Å². The van der Waals surface area contributed by atoms with E-state index in [9.17, 15) is 4.79 Å². The van der Waals surface area contributed by atoms with Gasteiger partial charge in [-0.3, -0.25) is 14.3 Å². The van der Waals surface area contributed by atoms with Crippen molar-refractivity contribution in [2.45, 2.75) is 18.6 Å². The maximum atomic E-state index is 12.4. The SMILES string of the molecule is Cc1ccccc1-n1c(SCC(=O)NCc2ccc(Cl)cc2)nnc1-c1cccnc1. The first-order chi connectivity index (χ1) is 15.1. The second-order valence-corrected chi connectivity index (χ2v) is 8.24. The molecular formula is C23H20ClN5OS. The number of pyridine rings is 1. The molecule has 0 radical (unpaired) electrons. The number of carbonyl (C=O) groups excluding carboxylic acids is 1. The summed E-state index contributed by atoms with van der Waals surface area (Å²) in [6, 6.07) is 19.2. The molecular weight excluding hydrogens is 430 g/mol. The minimum Gasteiger partial charge on any atom is -0.351 e. The van der Waals surface area contributed by atoms with Gasteiger partial charge in [0, 0.05) is 29.5 Å².